The Hall–Kier alpha value is -0.550. The predicted molar refractivity (Wildman–Crippen MR) is 56.8 cm³/mol. The molecule has 0 spiro atoms. The van der Waals surface area contributed by atoms with Gasteiger partial charge in [0.2, 0.25) is 0 Å². The average molecular weight is 277 g/mol. The molecule has 0 aromatic carbocycles. The van der Waals surface area contributed by atoms with Crippen LogP contribution in [0.25, 0.3) is 0 Å². The zero-order chi connectivity index (χ0) is 10.9. The first-order valence-corrected chi connectivity index (χ1v) is 5.62. The summed E-state index contributed by atoms with van der Waals surface area (Å²) in [7, 11) is 0. The number of nitrogens with one attached hydrogen (secondary N) is 1. The van der Waals surface area contributed by atoms with E-state index in [4.69, 9.17) is 0 Å². The Morgan fingerprint density at radius 3 is 2.67 bits per heavy atom. The smallest absolute Gasteiger partial charge is 0.158 e. The van der Waals surface area contributed by atoms with Crippen molar-refractivity contribution in [2.24, 2.45) is 0 Å². The van der Waals surface area contributed by atoms with E-state index in [1.807, 2.05) is 0 Å². The Bertz CT molecular complexity index is 364. The second kappa shape index (κ2) is 4.14. The minimum atomic E-state index is -1.62. The maximum atomic E-state index is 14.3. The first-order valence-electron chi connectivity index (χ1n) is 4.83. The molecule has 2 rings (SSSR count). The Labute approximate surface area is 95.2 Å². The maximum Gasteiger partial charge on any atom is 0.158 e. The third-order valence-corrected chi connectivity index (χ3v) is 3.06. The molecule has 2 heterocycles. The van der Waals surface area contributed by atoms with Crippen molar-refractivity contribution in [3.05, 3.63) is 28.2 Å². The lowest BCUT2D eigenvalue weighted by Crippen LogP contribution is -2.37. The Kier molecular flexibility index (Phi) is 3.02. The quantitative estimate of drug-likeness (QED) is 0.853. The third-order valence-electron chi connectivity index (χ3n) is 2.63. The zero-order valence-electron chi connectivity index (χ0n) is 8.06. The molecule has 5 heteroatoms. The topological polar surface area (TPSA) is 24.9 Å². The van der Waals surface area contributed by atoms with Crippen molar-refractivity contribution in [1.82, 2.24) is 10.3 Å². The molecule has 0 aliphatic carbocycles. The van der Waals surface area contributed by atoms with Crippen LogP contribution in [0.2, 0.25) is 0 Å². The van der Waals surface area contributed by atoms with Crippen LogP contribution in [-0.4, -0.2) is 18.1 Å². The molecule has 0 bridgehead atoms. The lowest BCUT2D eigenvalue weighted by Gasteiger charge is -2.29. The van der Waals surface area contributed by atoms with Gasteiger partial charge < -0.3 is 5.32 Å². The maximum absolute atomic E-state index is 14.3. The van der Waals surface area contributed by atoms with Crippen LogP contribution in [0.5, 0.6) is 0 Å². The molecule has 82 valence electrons. The zero-order valence-corrected chi connectivity index (χ0v) is 9.65. The highest BCUT2D eigenvalue weighted by Gasteiger charge is 2.37. The van der Waals surface area contributed by atoms with Gasteiger partial charge >= 0.3 is 0 Å². The molecule has 1 aromatic rings. The highest BCUT2D eigenvalue weighted by Crippen LogP contribution is 2.35. The number of piperidine rings is 1. The van der Waals surface area contributed by atoms with Gasteiger partial charge in [0, 0.05) is 10.7 Å². The second-order valence-corrected chi connectivity index (χ2v) is 4.61. The van der Waals surface area contributed by atoms with Gasteiger partial charge in [-0.25, -0.2) is 8.78 Å². The fraction of sp³-hybridized carbons (Fsp3) is 0.500. The minimum Gasteiger partial charge on any atom is -0.316 e. The Morgan fingerprint density at radius 1 is 1.40 bits per heavy atom. The summed E-state index contributed by atoms with van der Waals surface area (Å²) in [5, 5.41) is 3.04. The van der Waals surface area contributed by atoms with Gasteiger partial charge in [-0.2, -0.15) is 0 Å². The van der Waals surface area contributed by atoms with E-state index < -0.39 is 11.5 Å². The number of alkyl halides is 1. The Morgan fingerprint density at radius 2 is 2.07 bits per heavy atom. The molecule has 0 unspecified atom stereocenters. The van der Waals surface area contributed by atoms with Gasteiger partial charge in [-0.3, -0.25) is 4.98 Å². The van der Waals surface area contributed by atoms with Crippen LogP contribution in [-0.2, 0) is 5.67 Å². The van der Waals surface area contributed by atoms with Crippen LogP contribution in [0.3, 0.4) is 0 Å². The van der Waals surface area contributed by atoms with Crippen molar-refractivity contribution in [1.29, 1.82) is 0 Å². The van der Waals surface area contributed by atoms with Gasteiger partial charge in [-0.1, -0.05) is 0 Å². The largest absolute Gasteiger partial charge is 0.316 e. The van der Waals surface area contributed by atoms with E-state index in [-0.39, 0.29) is 18.5 Å². The van der Waals surface area contributed by atoms with Gasteiger partial charge in [0.15, 0.2) is 5.67 Å². The van der Waals surface area contributed by atoms with Crippen LogP contribution >= 0.6 is 15.9 Å². The third kappa shape index (κ3) is 2.18. The molecular weight excluding hydrogens is 266 g/mol. The minimum absolute atomic E-state index is 0.0628. The first-order chi connectivity index (χ1) is 7.12. The molecule has 0 radical (unpaired) electrons. The second-order valence-electron chi connectivity index (χ2n) is 3.70. The van der Waals surface area contributed by atoms with Gasteiger partial charge in [0.25, 0.3) is 0 Å². The molecule has 1 N–H and O–H groups in total. The molecule has 0 saturated carbocycles. The lowest BCUT2D eigenvalue weighted by molar-refractivity contribution is 0.104. The number of pyridine rings is 1. The molecule has 0 atom stereocenters. The van der Waals surface area contributed by atoms with E-state index in [0.717, 1.165) is 0 Å². The highest BCUT2D eigenvalue weighted by molar-refractivity contribution is 9.10. The number of rotatable bonds is 1. The molecule has 1 saturated heterocycles. The van der Waals surface area contributed by atoms with E-state index in [1.165, 1.54) is 12.3 Å². The lowest BCUT2D eigenvalue weighted by atomic mass is 9.90. The van der Waals surface area contributed by atoms with Crippen LogP contribution in [0.15, 0.2) is 16.7 Å². The summed E-state index contributed by atoms with van der Waals surface area (Å²) < 4.78 is 28.4. The molecular formula is C10H11BrF2N2. The number of hydrogen-bond acceptors (Lipinski definition) is 2. The van der Waals surface area contributed by atoms with E-state index in [2.05, 4.69) is 26.2 Å². The van der Waals surface area contributed by atoms with E-state index in [0.29, 0.717) is 17.6 Å². The number of aromatic nitrogens is 1. The predicted octanol–water partition coefficient (Wildman–Crippen LogP) is 2.53. The summed E-state index contributed by atoms with van der Waals surface area (Å²) in [4.78, 5) is 3.85. The number of hydrogen-bond donors (Lipinski definition) is 1. The van der Waals surface area contributed by atoms with Crippen molar-refractivity contribution in [3.8, 4) is 0 Å². The summed E-state index contributed by atoms with van der Waals surface area (Å²) in [6.45, 7) is 1.13. The van der Waals surface area contributed by atoms with Crippen LogP contribution in [0.4, 0.5) is 8.78 Å². The Balaban J connectivity index is 2.35. The fourth-order valence-electron chi connectivity index (χ4n) is 1.80. The van der Waals surface area contributed by atoms with Crippen molar-refractivity contribution in [3.63, 3.8) is 0 Å². The summed E-state index contributed by atoms with van der Waals surface area (Å²) >= 11 is 3.10. The average Bonchev–Trinajstić information content (AvgIpc) is 2.18. The summed E-state index contributed by atoms with van der Waals surface area (Å²) in [6.07, 6.45) is 1.99. The molecule has 0 amide bonds. The molecule has 1 aliphatic heterocycles. The molecule has 15 heavy (non-hydrogen) atoms. The standard InChI is InChI=1S/C10H11BrF2N2/c11-7-5-8(12)9(15-6-7)10(13)1-3-14-4-2-10/h5-6,14H,1-4H2. The first kappa shape index (κ1) is 11.0. The van der Waals surface area contributed by atoms with Crippen molar-refractivity contribution in [2.45, 2.75) is 18.5 Å². The monoisotopic (exact) mass is 276 g/mol. The highest BCUT2D eigenvalue weighted by atomic mass is 79.9. The van der Waals surface area contributed by atoms with E-state index in [1.54, 1.807) is 0 Å². The summed E-state index contributed by atoms with van der Waals surface area (Å²) in [5.41, 5.74) is -1.68. The molecule has 1 fully saturated rings. The van der Waals surface area contributed by atoms with Crippen LogP contribution < -0.4 is 5.32 Å². The fourth-order valence-corrected chi connectivity index (χ4v) is 2.11. The summed E-state index contributed by atoms with van der Waals surface area (Å²) in [6, 6.07) is 1.26. The molecule has 1 aliphatic rings. The van der Waals surface area contributed by atoms with Gasteiger partial charge in [0.05, 0.1) is 0 Å². The summed E-state index contributed by atoms with van der Waals surface area (Å²) in [5.74, 6) is -0.575. The van der Waals surface area contributed by atoms with Gasteiger partial charge in [-0.05, 0) is 47.9 Å². The van der Waals surface area contributed by atoms with Crippen molar-refractivity contribution < 1.29 is 8.78 Å². The van der Waals surface area contributed by atoms with Crippen molar-refractivity contribution in [2.75, 3.05) is 13.1 Å². The molecule has 2 nitrogen and oxygen atoms in total. The normalized spacial score (nSPS) is 20.2. The number of halogens is 3. The van der Waals surface area contributed by atoms with Crippen molar-refractivity contribution >= 4 is 15.9 Å². The number of nitrogens with zero attached hydrogens (tertiary/aromatic N) is 1. The van der Waals surface area contributed by atoms with Crippen LogP contribution in [0, 0.1) is 5.82 Å². The molecule has 1 aromatic heterocycles. The van der Waals surface area contributed by atoms with Gasteiger partial charge in [0.1, 0.15) is 11.5 Å². The van der Waals surface area contributed by atoms with E-state index in [9.17, 15) is 8.78 Å². The SMILES string of the molecule is Fc1cc(Br)cnc1C1(F)CCNCC1. The van der Waals surface area contributed by atoms with Crippen LogP contribution in [0.1, 0.15) is 18.5 Å². The van der Waals surface area contributed by atoms with Gasteiger partial charge in [-0.15, -0.1) is 0 Å². The van der Waals surface area contributed by atoms with E-state index >= 15 is 0 Å².